The van der Waals surface area contributed by atoms with Gasteiger partial charge >= 0.3 is 6.03 Å². The second kappa shape index (κ2) is 12.7. The fourth-order valence-corrected chi connectivity index (χ4v) is 5.50. The fourth-order valence-electron chi connectivity index (χ4n) is 3.28. The molecule has 0 bridgehead atoms. The van der Waals surface area contributed by atoms with E-state index >= 15 is 0 Å². The lowest BCUT2D eigenvalue weighted by Gasteiger charge is -2.26. The molecule has 0 saturated carbocycles. The topological polar surface area (TPSA) is 113 Å². The van der Waals surface area contributed by atoms with Crippen LogP contribution in [-0.2, 0) is 26.9 Å². The maximum Gasteiger partial charge on any atom is 0.325 e. The van der Waals surface area contributed by atoms with Gasteiger partial charge < -0.3 is 10.1 Å². The smallest absolute Gasteiger partial charge is 0.325 e. The van der Waals surface area contributed by atoms with Crippen molar-refractivity contribution in [1.82, 2.24) is 19.9 Å². The van der Waals surface area contributed by atoms with Crippen LogP contribution in [0, 0.1) is 0 Å². The number of benzene rings is 1. The number of rotatable bonds is 10. The summed E-state index contributed by atoms with van der Waals surface area (Å²) in [4.78, 5) is 17.0. The predicted octanol–water partition coefficient (Wildman–Crippen LogP) is 3.13. The Kier molecular flexibility index (Phi) is 9.75. The Morgan fingerprint density at radius 2 is 1.91 bits per heavy atom. The summed E-state index contributed by atoms with van der Waals surface area (Å²) in [5, 5.41) is 10.3. The number of amides is 2. The molecular formula is C23H31N5O4S2. The van der Waals surface area contributed by atoms with Crippen LogP contribution in [0.5, 0.6) is 0 Å². The Hall–Kier alpha value is -2.60. The van der Waals surface area contributed by atoms with Crippen LogP contribution in [0.15, 0.2) is 58.6 Å². The minimum Gasteiger partial charge on any atom is -0.379 e. The number of urea groups is 1. The van der Waals surface area contributed by atoms with E-state index in [1.54, 1.807) is 30.7 Å². The monoisotopic (exact) mass is 505 g/mol. The second-order valence-electron chi connectivity index (χ2n) is 7.60. The summed E-state index contributed by atoms with van der Waals surface area (Å²) in [5.74, 6) is 1.66. The second-order valence-corrected chi connectivity index (χ2v) is 10.4. The van der Waals surface area contributed by atoms with E-state index in [1.165, 1.54) is 16.1 Å². The summed E-state index contributed by atoms with van der Waals surface area (Å²) in [5.41, 5.74) is 1.91. The number of hydrogen-bond acceptors (Lipinski definition) is 7. The first-order chi connectivity index (χ1) is 16.4. The highest BCUT2D eigenvalue weighted by Gasteiger charge is 2.26. The lowest BCUT2D eigenvalue weighted by molar-refractivity contribution is 0.0730. The van der Waals surface area contributed by atoms with E-state index in [1.807, 2.05) is 24.3 Å². The molecule has 1 aliphatic rings. The van der Waals surface area contributed by atoms with E-state index in [2.05, 4.69) is 27.9 Å². The van der Waals surface area contributed by atoms with Crippen molar-refractivity contribution < 1.29 is 17.9 Å². The maximum atomic E-state index is 12.7. The highest BCUT2D eigenvalue weighted by molar-refractivity contribution is 8.01. The minimum atomic E-state index is -3.50. The average molecular weight is 506 g/mol. The molecule has 34 heavy (non-hydrogen) atoms. The largest absolute Gasteiger partial charge is 0.379 e. The first-order valence-electron chi connectivity index (χ1n) is 11.1. The van der Waals surface area contributed by atoms with Gasteiger partial charge in [0.1, 0.15) is 11.6 Å². The molecule has 1 saturated heterocycles. The fraction of sp³-hybridized carbons (Fsp3) is 0.391. The van der Waals surface area contributed by atoms with Gasteiger partial charge in [-0.25, -0.2) is 18.2 Å². The number of anilines is 1. The summed E-state index contributed by atoms with van der Waals surface area (Å²) < 4.78 is 32.1. The van der Waals surface area contributed by atoms with Crippen molar-refractivity contribution in [3.8, 4) is 0 Å². The van der Waals surface area contributed by atoms with Crippen molar-refractivity contribution >= 4 is 33.6 Å². The Balaban J connectivity index is 1.52. The summed E-state index contributed by atoms with van der Waals surface area (Å²) in [6, 6.07) is 12.1. The van der Waals surface area contributed by atoms with Gasteiger partial charge in [-0.15, -0.1) is 11.8 Å². The zero-order chi connectivity index (χ0) is 24.4. The zero-order valence-corrected chi connectivity index (χ0v) is 21.0. The van der Waals surface area contributed by atoms with Crippen LogP contribution in [0.1, 0.15) is 24.6 Å². The molecule has 2 aromatic rings. The summed E-state index contributed by atoms with van der Waals surface area (Å²) in [6.45, 7) is 3.67. The molecule has 3 N–H and O–H groups in total. The molecule has 11 heteroatoms. The number of hydrogen-bond donors (Lipinski definition) is 3. The van der Waals surface area contributed by atoms with Crippen LogP contribution in [0.25, 0.3) is 0 Å². The van der Waals surface area contributed by atoms with Gasteiger partial charge in [0.05, 0.1) is 18.1 Å². The number of nitrogens with one attached hydrogen (secondary N) is 3. The van der Waals surface area contributed by atoms with Crippen molar-refractivity contribution in [2.24, 2.45) is 0 Å². The van der Waals surface area contributed by atoms with Crippen LogP contribution < -0.4 is 16.0 Å². The third-order valence-electron chi connectivity index (χ3n) is 5.05. The van der Waals surface area contributed by atoms with E-state index in [-0.39, 0.29) is 10.9 Å². The predicted molar refractivity (Wildman–Crippen MR) is 135 cm³/mol. The Bertz CT molecular complexity index is 1080. The van der Waals surface area contributed by atoms with Crippen LogP contribution in [0.4, 0.5) is 10.6 Å². The molecule has 9 nitrogen and oxygen atoms in total. The molecule has 1 fully saturated rings. The lowest BCUT2D eigenvalue weighted by atomic mass is 10.2. The van der Waals surface area contributed by atoms with Crippen molar-refractivity contribution in [1.29, 1.82) is 0 Å². The molecule has 0 aliphatic carbocycles. The highest BCUT2D eigenvalue weighted by atomic mass is 32.2. The Labute approximate surface area is 205 Å². The van der Waals surface area contributed by atoms with Crippen molar-refractivity contribution in [3.05, 3.63) is 65.0 Å². The number of sulfonamides is 1. The van der Waals surface area contributed by atoms with Gasteiger partial charge in [0.15, 0.2) is 0 Å². The van der Waals surface area contributed by atoms with E-state index < -0.39 is 10.0 Å². The summed E-state index contributed by atoms with van der Waals surface area (Å²) in [6.07, 6.45) is 1.84. The number of aryl methyl sites for hydroxylation is 1. The van der Waals surface area contributed by atoms with Crippen LogP contribution in [0.3, 0.4) is 0 Å². The summed E-state index contributed by atoms with van der Waals surface area (Å²) in [7, 11) is -1.78. The molecule has 2 amide bonds. The quantitative estimate of drug-likeness (QED) is 0.455. The van der Waals surface area contributed by atoms with E-state index in [9.17, 15) is 13.2 Å². The molecule has 3 rings (SSSR count). The molecule has 0 atom stereocenters. The van der Waals surface area contributed by atoms with Gasteiger partial charge in [-0.1, -0.05) is 31.5 Å². The number of nitrogens with zero attached hydrogens (tertiary/aromatic N) is 2. The van der Waals surface area contributed by atoms with E-state index in [4.69, 9.17) is 4.74 Å². The molecule has 184 valence electrons. The van der Waals surface area contributed by atoms with Gasteiger partial charge in [-0.3, -0.25) is 10.6 Å². The number of ether oxygens (including phenoxy) is 1. The van der Waals surface area contributed by atoms with E-state index in [0.717, 1.165) is 24.1 Å². The molecular weight excluding hydrogens is 474 g/mol. The minimum absolute atomic E-state index is 0.282. The van der Waals surface area contributed by atoms with Crippen LogP contribution in [-0.4, -0.2) is 57.1 Å². The first kappa shape index (κ1) is 26.0. The lowest BCUT2D eigenvalue weighted by Crippen LogP contribution is -2.40. The highest BCUT2D eigenvalue weighted by Crippen LogP contribution is 2.20. The number of carbonyl (C=O) groups excluding carboxylic acids is 1. The summed E-state index contributed by atoms with van der Waals surface area (Å²) >= 11 is 1.48. The molecule has 2 heterocycles. The third kappa shape index (κ3) is 7.45. The molecule has 0 spiro atoms. The maximum absolute atomic E-state index is 12.7. The number of pyridine rings is 1. The number of carbonyl (C=O) groups is 1. The van der Waals surface area contributed by atoms with Crippen molar-refractivity contribution in [2.75, 3.05) is 38.7 Å². The van der Waals surface area contributed by atoms with Gasteiger partial charge in [-0.2, -0.15) is 4.31 Å². The van der Waals surface area contributed by atoms with Crippen LogP contribution in [0.2, 0.25) is 0 Å². The van der Waals surface area contributed by atoms with Crippen LogP contribution >= 0.6 is 11.8 Å². The Morgan fingerprint density at radius 1 is 1.18 bits per heavy atom. The molecule has 1 aliphatic heterocycles. The SMILES string of the molecule is CCCc1cccc(NC(=O)N/C(=C/SCc2ccc(S(=O)(=O)N3CCOCC3)cc2)NC)n1. The van der Waals surface area contributed by atoms with Crippen molar-refractivity contribution in [3.63, 3.8) is 0 Å². The molecule has 1 aromatic carbocycles. The number of morpholine rings is 1. The zero-order valence-electron chi connectivity index (χ0n) is 19.4. The molecule has 1 aromatic heterocycles. The first-order valence-corrected chi connectivity index (χ1v) is 13.6. The third-order valence-corrected chi connectivity index (χ3v) is 7.87. The number of aromatic nitrogens is 1. The average Bonchev–Trinajstić information content (AvgIpc) is 2.84. The van der Waals surface area contributed by atoms with Crippen molar-refractivity contribution in [2.45, 2.75) is 30.4 Å². The number of thioether (sulfide) groups is 1. The van der Waals surface area contributed by atoms with E-state index in [0.29, 0.717) is 43.7 Å². The molecule has 0 radical (unpaired) electrons. The van der Waals surface area contributed by atoms with Gasteiger partial charge in [-0.05, 0) is 36.2 Å². The van der Waals surface area contributed by atoms with Gasteiger partial charge in [0.2, 0.25) is 10.0 Å². The standard InChI is InChI=1S/C23H31N5O4S2/c1-3-5-19-6-4-7-21(25-19)26-23(29)27-22(24-2)17-33-16-18-8-10-20(11-9-18)34(30,31)28-12-14-32-15-13-28/h4,6-11,17,24H,3,5,12-16H2,1-2H3,(H2,25,26,27,29)/b22-17+. The van der Waals surface area contributed by atoms with Gasteiger partial charge in [0, 0.05) is 37.0 Å². The normalized spacial score (nSPS) is 15.1. The van der Waals surface area contributed by atoms with Gasteiger partial charge in [0.25, 0.3) is 0 Å². The molecule has 0 unspecified atom stereocenters. The Morgan fingerprint density at radius 3 is 2.59 bits per heavy atom.